The summed E-state index contributed by atoms with van der Waals surface area (Å²) in [6, 6.07) is 7.87. The summed E-state index contributed by atoms with van der Waals surface area (Å²) in [6.07, 6.45) is 1.66. The van der Waals surface area contributed by atoms with E-state index in [1.54, 1.807) is 24.4 Å². The molecule has 5 nitrogen and oxygen atoms in total. The molecule has 0 atom stereocenters. The number of hydrogen-bond acceptors (Lipinski definition) is 4. The molecule has 6 heteroatoms. The molecule has 2 heterocycles. The molecule has 0 radical (unpaired) electrons. The Hall–Kier alpha value is -2.18. The Kier molecular flexibility index (Phi) is 4.73. The van der Waals surface area contributed by atoms with Crippen LogP contribution in [0.3, 0.4) is 0 Å². The maximum absolute atomic E-state index is 13.2. The lowest BCUT2D eigenvalue weighted by atomic mass is 10.2. The largest absolute Gasteiger partial charge is 0.503 e. The average molecular weight is 317 g/mol. The van der Waals surface area contributed by atoms with Crippen LogP contribution in [0.2, 0.25) is 0 Å². The minimum Gasteiger partial charge on any atom is -0.503 e. The average Bonchev–Trinajstić information content (AvgIpc) is 2.56. The number of hydrogen-bond donors (Lipinski definition) is 2. The van der Waals surface area contributed by atoms with Gasteiger partial charge in [0.2, 0.25) is 0 Å². The highest BCUT2D eigenvalue weighted by atomic mass is 19.1. The summed E-state index contributed by atoms with van der Waals surface area (Å²) < 4.78 is 14.6. The number of aromatic nitrogens is 1. The fourth-order valence-corrected chi connectivity index (χ4v) is 2.79. The fraction of sp³-hybridized carbons (Fsp3) is 0.353. The van der Waals surface area contributed by atoms with Crippen LogP contribution < -0.4 is 10.9 Å². The van der Waals surface area contributed by atoms with Crippen molar-refractivity contribution in [2.24, 2.45) is 0 Å². The van der Waals surface area contributed by atoms with Gasteiger partial charge in [-0.3, -0.25) is 9.69 Å². The third-order valence-corrected chi connectivity index (χ3v) is 4.07. The van der Waals surface area contributed by atoms with Crippen molar-refractivity contribution in [2.75, 3.05) is 26.2 Å². The maximum atomic E-state index is 13.2. The summed E-state index contributed by atoms with van der Waals surface area (Å²) in [5, 5.41) is 13.5. The Morgan fingerprint density at radius 3 is 2.70 bits per heavy atom. The third kappa shape index (κ3) is 3.78. The standard InChI is InChI=1S/C17H20FN3O2/c18-15-3-1-2-13(10-15)11-21-7-4-14(16(22)17(21)23)12-20-8-5-19-6-9-20/h1-4,7,10,19,22H,5-6,8-9,11-12H2. The Balaban J connectivity index is 1.78. The van der Waals surface area contributed by atoms with Gasteiger partial charge in [0.05, 0.1) is 6.54 Å². The lowest BCUT2D eigenvalue weighted by Gasteiger charge is -2.27. The molecule has 2 N–H and O–H groups in total. The number of aromatic hydroxyl groups is 1. The molecule has 1 fully saturated rings. The second kappa shape index (κ2) is 6.93. The van der Waals surface area contributed by atoms with Crippen molar-refractivity contribution in [2.45, 2.75) is 13.1 Å². The molecule has 0 unspecified atom stereocenters. The minimum absolute atomic E-state index is 0.220. The zero-order valence-electron chi connectivity index (χ0n) is 12.8. The Labute approximate surface area is 134 Å². The first-order chi connectivity index (χ1) is 11.1. The first-order valence-corrected chi connectivity index (χ1v) is 7.72. The molecule has 1 aromatic carbocycles. The van der Waals surface area contributed by atoms with Crippen LogP contribution in [-0.4, -0.2) is 40.8 Å². The molecule has 0 bridgehead atoms. The molecule has 3 rings (SSSR count). The van der Waals surface area contributed by atoms with E-state index in [4.69, 9.17) is 0 Å². The van der Waals surface area contributed by atoms with Gasteiger partial charge in [0.15, 0.2) is 5.75 Å². The summed E-state index contributed by atoms with van der Waals surface area (Å²) in [4.78, 5) is 14.5. The number of nitrogens with zero attached hydrogens (tertiary/aromatic N) is 2. The number of rotatable bonds is 4. The van der Waals surface area contributed by atoms with E-state index >= 15 is 0 Å². The van der Waals surface area contributed by atoms with Crippen molar-refractivity contribution in [1.82, 2.24) is 14.8 Å². The number of halogens is 1. The smallest absolute Gasteiger partial charge is 0.293 e. The highest BCUT2D eigenvalue weighted by Gasteiger charge is 2.15. The predicted octanol–water partition coefficient (Wildman–Crippen LogP) is 1.15. The van der Waals surface area contributed by atoms with Crippen LogP contribution in [-0.2, 0) is 13.1 Å². The van der Waals surface area contributed by atoms with Gasteiger partial charge in [0.1, 0.15) is 5.82 Å². The van der Waals surface area contributed by atoms with Gasteiger partial charge in [-0.1, -0.05) is 12.1 Å². The molecule has 0 spiro atoms. The van der Waals surface area contributed by atoms with Crippen LogP contribution in [0.1, 0.15) is 11.1 Å². The van der Waals surface area contributed by atoms with Crippen molar-refractivity contribution in [3.8, 4) is 5.75 Å². The van der Waals surface area contributed by atoms with Gasteiger partial charge in [-0.2, -0.15) is 0 Å². The summed E-state index contributed by atoms with van der Waals surface area (Å²) in [5.41, 5.74) is 0.871. The quantitative estimate of drug-likeness (QED) is 0.888. The maximum Gasteiger partial charge on any atom is 0.293 e. The van der Waals surface area contributed by atoms with Crippen molar-refractivity contribution in [3.05, 3.63) is 63.8 Å². The monoisotopic (exact) mass is 317 g/mol. The molecular weight excluding hydrogens is 297 g/mol. The molecule has 0 aliphatic carbocycles. The van der Waals surface area contributed by atoms with Gasteiger partial charge in [0.25, 0.3) is 5.56 Å². The van der Waals surface area contributed by atoms with E-state index in [-0.39, 0.29) is 18.1 Å². The second-order valence-corrected chi connectivity index (χ2v) is 5.78. The van der Waals surface area contributed by atoms with Gasteiger partial charge in [0, 0.05) is 44.5 Å². The van der Waals surface area contributed by atoms with Crippen molar-refractivity contribution in [1.29, 1.82) is 0 Å². The van der Waals surface area contributed by atoms with Gasteiger partial charge in [-0.15, -0.1) is 0 Å². The topological polar surface area (TPSA) is 57.5 Å². The molecule has 1 aliphatic heterocycles. The SMILES string of the molecule is O=c1c(O)c(CN2CCNCC2)ccn1Cc1cccc(F)c1. The van der Waals surface area contributed by atoms with Crippen LogP contribution in [0.15, 0.2) is 41.3 Å². The van der Waals surface area contributed by atoms with Crippen LogP contribution in [0, 0.1) is 5.82 Å². The van der Waals surface area contributed by atoms with Crippen molar-refractivity contribution >= 4 is 0 Å². The molecule has 1 aliphatic rings. The molecular formula is C17H20FN3O2. The molecule has 1 aromatic heterocycles. The molecule has 1 saturated heterocycles. The van der Waals surface area contributed by atoms with Crippen LogP contribution >= 0.6 is 0 Å². The minimum atomic E-state index is -0.443. The summed E-state index contributed by atoms with van der Waals surface area (Å²) in [6.45, 7) is 4.41. The Morgan fingerprint density at radius 1 is 1.17 bits per heavy atom. The highest BCUT2D eigenvalue weighted by molar-refractivity contribution is 5.29. The molecule has 122 valence electrons. The first-order valence-electron chi connectivity index (χ1n) is 7.72. The van der Waals surface area contributed by atoms with E-state index < -0.39 is 5.56 Å². The van der Waals surface area contributed by atoms with Gasteiger partial charge in [-0.25, -0.2) is 4.39 Å². The summed E-state index contributed by atoms with van der Waals surface area (Å²) in [7, 11) is 0. The molecule has 2 aromatic rings. The Bertz CT molecular complexity index is 739. The van der Waals surface area contributed by atoms with E-state index in [9.17, 15) is 14.3 Å². The second-order valence-electron chi connectivity index (χ2n) is 5.78. The lowest BCUT2D eigenvalue weighted by molar-refractivity contribution is 0.230. The predicted molar refractivity (Wildman–Crippen MR) is 86.0 cm³/mol. The normalized spacial score (nSPS) is 15.7. The lowest BCUT2D eigenvalue weighted by Crippen LogP contribution is -2.43. The zero-order valence-corrected chi connectivity index (χ0v) is 12.8. The van der Waals surface area contributed by atoms with Crippen LogP contribution in [0.5, 0.6) is 5.75 Å². The zero-order chi connectivity index (χ0) is 16.2. The highest BCUT2D eigenvalue weighted by Crippen LogP contribution is 2.15. The summed E-state index contributed by atoms with van der Waals surface area (Å²) >= 11 is 0. The first kappa shape index (κ1) is 15.7. The van der Waals surface area contributed by atoms with E-state index in [1.165, 1.54) is 16.7 Å². The third-order valence-electron chi connectivity index (χ3n) is 4.07. The molecule has 0 saturated carbocycles. The van der Waals surface area contributed by atoms with E-state index in [0.29, 0.717) is 17.7 Å². The Morgan fingerprint density at radius 2 is 1.96 bits per heavy atom. The van der Waals surface area contributed by atoms with Gasteiger partial charge < -0.3 is 15.0 Å². The van der Waals surface area contributed by atoms with Crippen LogP contribution in [0.4, 0.5) is 4.39 Å². The van der Waals surface area contributed by atoms with Crippen molar-refractivity contribution < 1.29 is 9.50 Å². The molecule has 0 amide bonds. The van der Waals surface area contributed by atoms with E-state index in [2.05, 4.69) is 10.2 Å². The number of piperazine rings is 1. The number of pyridine rings is 1. The molecule has 23 heavy (non-hydrogen) atoms. The fourth-order valence-electron chi connectivity index (χ4n) is 2.79. The van der Waals surface area contributed by atoms with E-state index in [0.717, 1.165) is 26.2 Å². The summed E-state index contributed by atoms with van der Waals surface area (Å²) in [5.74, 6) is -0.558. The van der Waals surface area contributed by atoms with E-state index in [1.807, 2.05) is 0 Å². The van der Waals surface area contributed by atoms with Gasteiger partial charge in [-0.05, 0) is 23.8 Å². The number of nitrogens with one attached hydrogen (secondary N) is 1. The van der Waals surface area contributed by atoms with Crippen molar-refractivity contribution in [3.63, 3.8) is 0 Å². The van der Waals surface area contributed by atoms with Gasteiger partial charge >= 0.3 is 0 Å². The number of benzene rings is 1. The van der Waals surface area contributed by atoms with Crippen LogP contribution in [0.25, 0.3) is 0 Å².